The predicted octanol–water partition coefficient (Wildman–Crippen LogP) is 10.1. The highest BCUT2D eigenvalue weighted by Gasteiger charge is 2.18. The van der Waals surface area contributed by atoms with Crippen LogP contribution >= 0.6 is 11.6 Å². The minimum Gasteiger partial charge on any atom is -0.278 e. The van der Waals surface area contributed by atoms with Crippen LogP contribution in [0.1, 0.15) is 21.9 Å². The van der Waals surface area contributed by atoms with Gasteiger partial charge in [-0.15, -0.1) is 0 Å². The predicted molar refractivity (Wildman–Crippen MR) is 186 cm³/mol. The Kier molecular flexibility index (Phi) is 3.23. The molecule has 0 bridgehead atoms. The van der Waals surface area contributed by atoms with E-state index >= 15 is 0 Å². The number of rotatable bonds is 2. The van der Waals surface area contributed by atoms with Gasteiger partial charge in [0.1, 0.15) is 0 Å². The lowest BCUT2D eigenvalue weighted by Gasteiger charge is -2.14. The highest BCUT2D eigenvalue weighted by molar-refractivity contribution is 6.28. The third-order valence-corrected chi connectivity index (χ3v) is 7.64. The second-order valence-corrected chi connectivity index (χ2v) is 10.2. The van der Waals surface area contributed by atoms with Crippen LogP contribution in [-0.2, 0) is 0 Å². The number of hydrogen-bond donors (Lipinski definition) is 0. The standard InChI is InChI=1S/C39H24ClN5/c40-37-41-38(43-39(42-37)45-35-23-11-7-19-31(35)32-20-8-12-24-36(32)45)44-33-21-9-5-17-29(33)27-15-3-1-13-25(27)26-14-2-4-16-28(26)30-18-6-10-22-34(30)44/h1-24H/i1D,2D,3D,4D,5D,6D,9D,10D,13D,14D,15D,16D,17D,18D,21D,22D. The van der Waals surface area contributed by atoms with Crippen LogP contribution in [0.15, 0.2) is 145 Å². The van der Waals surface area contributed by atoms with Crippen LogP contribution in [0.25, 0.3) is 77.1 Å². The van der Waals surface area contributed by atoms with Crippen molar-refractivity contribution in [2.45, 2.75) is 0 Å². The van der Waals surface area contributed by atoms with Crippen LogP contribution in [-0.4, -0.2) is 24.1 Å². The Bertz CT molecular complexity index is 3380. The van der Waals surface area contributed by atoms with Crippen molar-refractivity contribution in [3.8, 4) is 11.9 Å². The lowest BCUT2D eigenvalue weighted by molar-refractivity contribution is 0.885. The van der Waals surface area contributed by atoms with Crippen LogP contribution in [0.4, 0.5) is 0 Å². The molecule has 0 radical (unpaired) electrons. The van der Waals surface area contributed by atoms with Crippen molar-refractivity contribution in [1.82, 2.24) is 24.1 Å². The normalized spacial score (nSPS) is 16.6. The van der Waals surface area contributed by atoms with Crippen molar-refractivity contribution in [3.63, 3.8) is 0 Å². The molecule has 0 saturated carbocycles. The molecule has 0 atom stereocenters. The molecule has 0 saturated heterocycles. The van der Waals surface area contributed by atoms with E-state index in [0.29, 0.717) is 11.0 Å². The van der Waals surface area contributed by atoms with E-state index in [1.54, 1.807) is 28.8 Å². The monoisotopic (exact) mass is 613 g/mol. The van der Waals surface area contributed by atoms with Gasteiger partial charge in [-0.05, 0) is 57.4 Å². The van der Waals surface area contributed by atoms with Gasteiger partial charge in [0.25, 0.3) is 0 Å². The highest BCUT2D eigenvalue weighted by atomic mass is 35.5. The molecule has 0 spiro atoms. The van der Waals surface area contributed by atoms with E-state index in [9.17, 15) is 11.0 Å². The minimum atomic E-state index is -0.881. The van der Waals surface area contributed by atoms with Crippen LogP contribution < -0.4 is 0 Å². The van der Waals surface area contributed by atoms with Gasteiger partial charge in [-0.1, -0.05) is 121 Å². The van der Waals surface area contributed by atoms with Gasteiger partial charge in [-0.3, -0.25) is 9.13 Å². The van der Waals surface area contributed by atoms with E-state index in [1.165, 1.54) is 0 Å². The van der Waals surface area contributed by atoms with Gasteiger partial charge in [-0.2, -0.15) is 15.0 Å². The number of benzene rings is 6. The minimum absolute atomic E-state index is 0.151. The molecule has 9 rings (SSSR count). The summed E-state index contributed by atoms with van der Waals surface area (Å²) in [5, 5.41) is -2.70. The van der Waals surface area contributed by atoms with Gasteiger partial charge < -0.3 is 0 Å². The molecular weight excluding hydrogens is 574 g/mol. The fourth-order valence-corrected chi connectivity index (χ4v) is 5.81. The molecule has 0 fully saturated rings. The van der Waals surface area contributed by atoms with Gasteiger partial charge in [0.15, 0.2) is 0 Å². The fourth-order valence-electron chi connectivity index (χ4n) is 5.66. The summed E-state index contributed by atoms with van der Waals surface area (Å²) in [5.41, 5.74) is -0.133. The third-order valence-electron chi connectivity index (χ3n) is 7.47. The molecule has 3 aromatic heterocycles. The first-order chi connectivity index (χ1) is 28.9. The highest BCUT2D eigenvalue weighted by Crippen LogP contribution is 2.35. The van der Waals surface area contributed by atoms with E-state index in [2.05, 4.69) is 9.97 Å². The molecular formula is C39H24ClN5. The third kappa shape index (κ3) is 3.98. The molecule has 0 N–H and O–H groups in total. The zero-order valence-electron chi connectivity index (χ0n) is 38.7. The summed E-state index contributed by atoms with van der Waals surface area (Å²) in [6.45, 7) is 0. The molecule has 6 aromatic carbocycles. The van der Waals surface area contributed by atoms with E-state index in [-0.39, 0.29) is 5.95 Å². The van der Waals surface area contributed by atoms with Crippen molar-refractivity contribution in [3.05, 3.63) is 150 Å². The zero-order valence-corrected chi connectivity index (χ0v) is 23.5. The number of para-hydroxylation sites is 4. The molecule has 0 aliphatic heterocycles. The smallest absolute Gasteiger partial charge is 0.240 e. The van der Waals surface area contributed by atoms with Crippen LogP contribution in [0.5, 0.6) is 0 Å². The van der Waals surface area contributed by atoms with Crippen molar-refractivity contribution in [2.75, 3.05) is 0 Å². The summed E-state index contributed by atoms with van der Waals surface area (Å²) >= 11 is 6.73. The van der Waals surface area contributed by atoms with Crippen LogP contribution in [0.2, 0.25) is 5.28 Å². The van der Waals surface area contributed by atoms with Gasteiger partial charge in [0, 0.05) is 21.5 Å². The maximum atomic E-state index is 9.47. The first kappa shape index (κ1) is 14.3. The largest absolute Gasteiger partial charge is 0.278 e. The average Bonchev–Trinajstić information content (AvgIpc) is 3.61. The Morgan fingerprint density at radius 3 is 1.22 bits per heavy atom. The molecule has 0 unspecified atom stereocenters. The summed E-state index contributed by atoms with van der Waals surface area (Å²) in [5.74, 6) is -0.747. The van der Waals surface area contributed by atoms with Crippen molar-refractivity contribution < 1.29 is 21.9 Å². The van der Waals surface area contributed by atoms with Crippen molar-refractivity contribution in [2.24, 2.45) is 0 Å². The second-order valence-electron chi connectivity index (χ2n) is 9.86. The van der Waals surface area contributed by atoms with Crippen molar-refractivity contribution >= 4 is 76.8 Å². The van der Waals surface area contributed by atoms with Gasteiger partial charge in [-0.25, -0.2) is 0 Å². The molecule has 5 nitrogen and oxygen atoms in total. The first-order valence-electron chi connectivity index (χ1n) is 21.5. The quantitative estimate of drug-likeness (QED) is 0.195. The summed E-state index contributed by atoms with van der Waals surface area (Å²) in [6, 6.07) is 0.622. The zero-order chi connectivity index (χ0) is 43.8. The van der Waals surface area contributed by atoms with Gasteiger partial charge in [0.2, 0.25) is 17.2 Å². The van der Waals surface area contributed by atoms with Crippen LogP contribution in [0, 0.1) is 0 Å². The van der Waals surface area contributed by atoms with E-state index < -0.39 is 151 Å². The van der Waals surface area contributed by atoms with E-state index in [4.69, 9.17) is 27.6 Å². The summed E-state index contributed by atoms with van der Waals surface area (Å²) in [7, 11) is 0. The number of aromatic nitrogens is 5. The molecule has 0 aliphatic rings. The lowest BCUT2D eigenvalue weighted by atomic mass is 10.0. The second kappa shape index (κ2) is 10.2. The summed E-state index contributed by atoms with van der Waals surface area (Å²) < 4.78 is 147. The van der Waals surface area contributed by atoms with Crippen LogP contribution in [0.3, 0.4) is 0 Å². The topological polar surface area (TPSA) is 48.5 Å². The molecule has 45 heavy (non-hydrogen) atoms. The van der Waals surface area contributed by atoms with Gasteiger partial charge in [0.05, 0.1) is 44.0 Å². The number of hydrogen-bond acceptors (Lipinski definition) is 3. The Hall–Kier alpha value is -5.78. The fraction of sp³-hybridized carbons (Fsp3) is 0. The average molecular weight is 614 g/mol. The Labute approximate surface area is 285 Å². The van der Waals surface area contributed by atoms with E-state index in [0.717, 1.165) is 15.3 Å². The number of nitrogens with zero attached hydrogens (tertiary/aromatic N) is 5. The maximum absolute atomic E-state index is 9.47. The van der Waals surface area contributed by atoms with Crippen molar-refractivity contribution in [1.29, 1.82) is 0 Å². The molecule has 0 amide bonds. The first-order valence-corrected chi connectivity index (χ1v) is 13.9. The lowest BCUT2D eigenvalue weighted by Crippen LogP contribution is -2.10. The number of halogens is 1. The number of fused-ring (bicyclic) bond motifs is 10. The molecule has 6 heteroatoms. The Balaban J connectivity index is 1.74. The molecule has 3 heterocycles. The SMILES string of the molecule is [2H]c1c([2H])c([2H])c2c(c1[2H])c1c([2H])c([2H])c([2H])c([2H])c1c1c([2H])c([2H])c([2H])c([2H])c1n(-c1nc(Cl)nc(-n3c4ccccc4c4ccccc43)n1)c1c([2H])c([2H])c([2H])c([2H])c21. The van der Waals surface area contributed by atoms with E-state index in [1.807, 2.05) is 24.3 Å². The summed E-state index contributed by atoms with van der Waals surface area (Å²) in [6.07, 6.45) is 0. The summed E-state index contributed by atoms with van der Waals surface area (Å²) in [4.78, 5) is 13.6. The molecule has 212 valence electrons. The maximum Gasteiger partial charge on any atom is 0.240 e. The molecule has 9 aromatic rings. The Morgan fingerprint density at radius 2 is 0.756 bits per heavy atom. The molecule has 0 aliphatic carbocycles. The Morgan fingerprint density at radius 1 is 0.400 bits per heavy atom. The van der Waals surface area contributed by atoms with Gasteiger partial charge >= 0.3 is 0 Å².